The Morgan fingerprint density at radius 3 is 2.48 bits per heavy atom. The van der Waals surface area contributed by atoms with Crippen LogP contribution in [0, 0.1) is 0 Å². The number of carbonyl (C=O) groups excluding carboxylic acids is 2. The summed E-state index contributed by atoms with van der Waals surface area (Å²) in [6, 6.07) is 8.92. The zero-order chi connectivity index (χ0) is 17.3. The van der Waals surface area contributed by atoms with Crippen molar-refractivity contribution in [1.29, 1.82) is 0 Å². The van der Waals surface area contributed by atoms with E-state index in [1.165, 1.54) is 0 Å². The number of benzene rings is 1. The third-order valence-corrected chi connectivity index (χ3v) is 3.30. The zero-order valence-electron chi connectivity index (χ0n) is 12.2. The number of alkyl carbamates (subject to hydrolysis) is 1. The number of ketones is 1. The zero-order valence-corrected chi connectivity index (χ0v) is 13.0. The summed E-state index contributed by atoms with van der Waals surface area (Å²) >= 11 is 0.498. The molecular formula is C14H15F3N2O3S. The molecule has 0 aliphatic carbocycles. The number of hydrogen-bond acceptors (Lipinski definition) is 5. The molecule has 23 heavy (non-hydrogen) atoms. The molecule has 0 aromatic heterocycles. The first-order chi connectivity index (χ1) is 10.8. The molecule has 0 saturated carbocycles. The van der Waals surface area contributed by atoms with E-state index in [2.05, 4.69) is 15.0 Å². The van der Waals surface area contributed by atoms with Crippen molar-refractivity contribution in [3.8, 4) is 0 Å². The van der Waals surface area contributed by atoms with Crippen molar-refractivity contribution in [3.63, 3.8) is 0 Å². The van der Waals surface area contributed by atoms with Crippen LogP contribution < -0.4 is 5.32 Å². The van der Waals surface area contributed by atoms with Crippen LogP contribution in [0.3, 0.4) is 0 Å². The van der Waals surface area contributed by atoms with Crippen LogP contribution in [0.4, 0.5) is 18.0 Å². The Bertz CT molecular complexity index is 562. The first kappa shape index (κ1) is 19.0. The van der Waals surface area contributed by atoms with Crippen LogP contribution in [0.1, 0.15) is 12.5 Å². The molecule has 0 aliphatic heterocycles. The van der Waals surface area contributed by atoms with Crippen molar-refractivity contribution < 1.29 is 27.5 Å². The summed E-state index contributed by atoms with van der Waals surface area (Å²) in [5.74, 6) is -2.77. The standard InChI is InChI=1S/C14H15F3N2O3S/c1-2-22-13(21)19-12(23-9-11(20)14(15,16)17)18-8-10-6-4-3-5-7-10/h3-7H,2,8-9H2,1H3,(H,18,19,21). The van der Waals surface area contributed by atoms with Gasteiger partial charge in [-0.15, -0.1) is 0 Å². The molecule has 0 atom stereocenters. The van der Waals surface area contributed by atoms with Crippen molar-refractivity contribution in [2.75, 3.05) is 12.4 Å². The third-order valence-electron chi connectivity index (χ3n) is 2.39. The Kier molecular flexibility index (Phi) is 7.60. The topological polar surface area (TPSA) is 67.8 Å². The molecule has 9 heteroatoms. The van der Waals surface area contributed by atoms with Gasteiger partial charge in [-0.2, -0.15) is 13.2 Å². The summed E-state index contributed by atoms with van der Waals surface area (Å²) in [4.78, 5) is 26.3. The van der Waals surface area contributed by atoms with Crippen molar-refractivity contribution in [2.45, 2.75) is 19.6 Å². The molecule has 1 aromatic rings. The number of nitrogens with one attached hydrogen (secondary N) is 1. The van der Waals surface area contributed by atoms with E-state index in [1.54, 1.807) is 31.2 Å². The lowest BCUT2D eigenvalue weighted by molar-refractivity contribution is -0.167. The molecule has 0 spiro atoms. The van der Waals surface area contributed by atoms with E-state index in [4.69, 9.17) is 0 Å². The summed E-state index contributed by atoms with van der Waals surface area (Å²) < 4.78 is 41.3. The number of halogens is 3. The second-order valence-corrected chi connectivity index (χ2v) is 5.13. The minimum atomic E-state index is -4.92. The summed E-state index contributed by atoms with van der Waals surface area (Å²) in [6.45, 7) is 1.83. The summed E-state index contributed by atoms with van der Waals surface area (Å²) in [6.07, 6.45) is -5.76. The van der Waals surface area contributed by atoms with Crippen LogP contribution in [0.5, 0.6) is 0 Å². The maximum Gasteiger partial charge on any atom is 0.450 e. The van der Waals surface area contributed by atoms with Crippen molar-refractivity contribution in [1.82, 2.24) is 5.32 Å². The molecule has 0 heterocycles. The fourth-order valence-electron chi connectivity index (χ4n) is 1.34. The maximum atomic E-state index is 12.2. The van der Waals surface area contributed by atoms with E-state index in [0.717, 1.165) is 5.56 Å². The first-order valence-corrected chi connectivity index (χ1v) is 7.56. The molecule has 1 N–H and O–H groups in total. The molecule has 0 bridgehead atoms. The Hall–Kier alpha value is -2.03. The highest BCUT2D eigenvalue weighted by molar-refractivity contribution is 8.14. The molecule has 0 unspecified atom stereocenters. The largest absolute Gasteiger partial charge is 0.450 e. The van der Waals surface area contributed by atoms with Gasteiger partial charge in [0.2, 0.25) is 5.78 Å². The number of amides is 1. The summed E-state index contributed by atoms with van der Waals surface area (Å²) in [5, 5.41) is 2.12. The number of Topliss-reactive ketones (excluding diaryl/α,β-unsaturated/α-hetero) is 1. The van der Waals surface area contributed by atoms with Gasteiger partial charge < -0.3 is 4.74 Å². The number of aliphatic imine (C=N–C) groups is 1. The Labute approximate surface area is 135 Å². The smallest absolute Gasteiger partial charge is 0.450 e. The normalized spacial score (nSPS) is 11.9. The van der Waals surface area contributed by atoms with Gasteiger partial charge >= 0.3 is 12.3 Å². The van der Waals surface area contributed by atoms with Gasteiger partial charge in [-0.3, -0.25) is 15.1 Å². The monoisotopic (exact) mass is 348 g/mol. The number of hydrogen-bond donors (Lipinski definition) is 1. The second-order valence-electron chi connectivity index (χ2n) is 4.16. The highest BCUT2D eigenvalue weighted by Crippen LogP contribution is 2.19. The van der Waals surface area contributed by atoms with Crippen molar-refractivity contribution in [2.24, 2.45) is 4.99 Å². The van der Waals surface area contributed by atoms with Crippen LogP contribution in [0.15, 0.2) is 35.3 Å². The van der Waals surface area contributed by atoms with E-state index >= 15 is 0 Å². The second kappa shape index (κ2) is 9.19. The van der Waals surface area contributed by atoms with Gasteiger partial charge in [-0.1, -0.05) is 42.1 Å². The van der Waals surface area contributed by atoms with E-state index < -0.39 is 23.8 Å². The summed E-state index contributed by atoms with van der Waals surface area (Å²) in [7, 11) is 0. The van der Waals surface area contributed by atoms with Crippen LogP contribution >= 0.6 is 11.8 Å². The van der Waals surface area contributed by atoms with Crippen molar-refractivity contribution >= 4 is 28.8 Å². The van der Waals surface area contributed by atoms with Crippen LogP contribution in [-0.4, -0.2) is 35.6 Å². The molecule has 1 rings (SSSR count). The number of thioether (sulfide) groups is 1. The lowest BCUT2D eigenvalue weighted by Crippen LogP contribution is -2.31. The van der Waals surface area contributed by atoms with Gasteiger partial charge in [0, 0.05) is 0 Å². The van der Waals surface area contributed by atoms with E-state index in [1.807, 2.05) is 6.07 Å². The molecule has 5 nitrogen and oxygen atoms in total. The average molecular weight is 348 g/mol. The SMILES string of the molecule is CCOC(=O)NC(=NCc1ccccc1)SCC(=O)C(F)(F)F. The Morgan fingerprint density at radius 2 is 1.91 bits per heavy atom. The molecule has 0 aliphatic rings. The minimum absolute atomic E-state index is 0.101. The predicted molar refractivity (Wildman–Crippen MR) is 81.3 cm³/mol. The number of ether oxygens (including phenoxy) is 1. The van der Waals surface area contributed by atoms with Gasteiger partial charge in [-0.05, 0) is 12.5 Å². The first-order valence-electron chi connectivity index (χ1n) is 6.58. The lowest BCUT2D eigenvalue weighted by Gasteiger charge is -2.09. The third kappa shape index (κ3) is 7.68. The Balaban J connectivity index is 2.72. The molecule has 0 fully saturated rings. The van der Waals surface area contributed by atoms with Crippen LogP contribution in [-0.2, 0) is 16.1 Å². The number of nitrogens with zero attached hydrogens (tertiary/aromatic N) is 1. The van der Waals surface area contributed by atoms with Gasteiger partial charge in [0.25, 0.3) is 0 Å². The molecular weight excluding hydrogens is 333 g/mol. The van der Waals surface area contributed by atoms with Gasteiger partial charge in [0.1, 0.15) is 0 Å². The van der Waals surface area contributed by atoms with Crippen LogP contribution in [0.25, 0.3) is 0 Å². The fourth-order valence-corrected chi connectivity index (χ4v) is 2.08. The molecule has 0 radical (unpaired) electrons. The quantitative estimate of drug-likeness (QED) is 0.656. The minimum Gasteiger partial charge on any atom is -0.450 e. The maximum absolute atomic E-state index is 12.2. The van der Waals surface area contributed by atoms with Crippen LogP contribution in [0.2, 0.25) is 0 Å². The highest BCUT2D eigenvalue weighted by Gasteiger charge is 2.38. The average Bonchev–Trinajstić information content (AvgIpc) is 2.50. The van der Waals surface area contributed by atoms with Gasteiger partial charge in [0.05, 0.1) is 18.9 Å². The highest BCUT2D eigenvalue weighted by atomic mass is 32.2. The fraction of sp³-hybridized carbons (Fsp3) is 0.357. The van der Waals surface area contributed by atoms with Crippen molar-refractivity contribution in [3.05, 3.63) is 35.9 Å². The lowest BCUT2D eigenvalue weighted by atomic mass is 10.2. The molecule has 1 amide bonds. The summed E-state index contributed by atoms with van der Waals surface area (Å²) in [5.41, 5.74) is 0.804. The number of amidine groups is 1. The predicted octanol–water partition coefficient (Wildman–Crippen LogP) is 3.15. The van der Waals surface area contributed by atoms with Gasteiger partial charge in [-0.25, -0.2) is 4.79 Å². The van der Waals surface area contributed by atoms with Gasteiger partial charge in [0.15, 0.2) is 5.17 Å². The Morgan fingerprint density at radius 1 is 1.26 bits per heavy atom. The molecule has 126 valence electrons. The van der Waals surface area contributed by atoms with E-state index in [-0.39, 0.29) is 18.3 Å². The van der Waals surface area contributed by atoms with E-state index in [0.29, 0.717) is 11.8 Å². The number of alkyl halides is 3. The molecule has 1 aromatic carbocycles. The molecule has 0 saturated heterocycles. The van der Waals surface area contributed by atoms with E-state index in [9.17, 15) is 22.8 Å². The number of carbonyl (C=O) groups is 2. The number of rotatable bonds is 5.